The Morgan fingerprint density at radius 3 is 2.84 bits per heavy atom. The summed E-state index contributed by atoms with van der Waals surface area (Å²) in [5.41, 5.74) is 6.68. The number of furan rings is 1. The Balaban J connectivity index is 1.51. The molecule has 0 spiro atoms. The summed E-state index contributed by atoms with van der Waals surface area (Å²) in [5.74, 6) is 1.03. The Morgan fingerprint density at radius 2 is 2.11 bits per heavy atom. The van der Waals surface area contributed by atoms with E-state index in [1.807, 2.05) is 0 Å². The van der Waals surface area contributed by atoms with Crippen molar-refractivity contribution in [2.75, 3.05) is 39.4 Å². The minimum absolute atomic E-state index is 0.555. The quantitative estimate of drug-likeness (QED) is 0.866. The average Bonchev–Trinajstić information content (AvgIpc) is 3.09. The van der Waals surface area contributed by atoms with E-state index < -0.39 is 0 Å². The van der Waals surface area contributed by atoms with Gasteiger partial charge < -0.3 is 14.9 Å². The molecular weight excluding hydrogens is 242 g/mol. The molecule has 0 aromatic carbocycles. The van der Waals surface area contributed by atoms with E-state index in [0.717, 1.165) is 57.3 Å². The molecular formula is C14H23N3O2. The van der Waals surface area contributed by atoms with Crippen molar-refractivity contribution >= 4 is 0 Å². The van der Waals surface area contributed by atoms with Gasteiger partial charge in [0.05, 0.1) is 26.0 Å². The minimum Gasteiger partial charge on any atom is -0.468 e. The number of nitrogens with zero attached hydrogens (tertiary/aromatic N) is 2. The fourth-order valence-corrected chi connectivity index (χ4v) is 3.03. The molecule has 19 heavy (non-hydrogen) atoms. The Bertz CT molecular complexity index is 401. The maximum Gasteiger partial charge on any atom is 0.118 e. The first kappa shape index (κ1) is 13.1. The van der Waals surface area contributed by atoms with E-state index >= 15 is 0 Å². The van der Waals surface area contributed by atoms with Crippen LogP contribution in [0.2, 0.25) is 0 Å². The molecule has 2 aliphatic heterocycles. The van der Waals surface area contributed by atoms with Crippen molar-refractivity contribution < 1.29 is 9.15 Å². The second-order valence-corrected chi connectivity index (χ2v) is 5.45. The molecule has 5 nitrogen and oxygen atoms in total. The van der Waals surface area contributed by atoms with Gasteiger partial charge in [0, 0.05) is 44.3 Å². The van der Waals surface area contributed by atoms with Gasteiger partial charge in [0.25, 0.3) is 0 Å². The van der Waals surface area contributed by atoms with Crippen molar-refractivity contribution in [3.63, 3.8) is 0 Å². The highest BCUT2D eigenvalue weighted by atomic mass is 16.5. The summed E-state index contributed by atoms with van der Waals surface area (Å²) in [6.45, 7) is 7.68. The summed E-state index contributed by atoms with van der Waals surface area (Å²) in [6.07, 6.45) is 3.02. The van der Waals surface area contributed by atoms with Crippen LogP contribution in [0.1, 0.15) is 17.7 Å². The Kier molecular flexibility index (Phi) is 4.18. The molecule has 2 saturated heterocycles. The van der Waals surface area contributed by atoms with Crippen molar-refractivity contribution in [3.05, 3.63) is 23.7 Å². The van der Waals surface area contributed by atoms with E-state index in [1.54, 1.807) is 6.26 Å². The molecule has 3 rings (SSSR count). The standard InChI is InChI=1S/C14H23N3O2/c15-8-12-7-14(19-11-12)10-16-2-1-13(9-16)17-3-5-18-6-4-17/h7,11,13H,1-6,8-10,15H2. The van der Waals surface area contributed by atoms with Gasteiger partial charge in [-0.15, -0.1) is 0 Å². The summed E-state index contributed by atoms with van der Waals surface area (Å²) < 4.78 is 11.0. The molecule has 3 heterocycles. The van der Waals surface area contributed by atoms with Gasteiger partial charge in [0.15, 0.2) is 0 Å². The van der Waals surface area contributed by atoms with Crippen LogP contribution in [-0.2, 0) is 17.8 Å². The number of rotatable bonds is 4. The molecule has 1 aromatic heterocycles. The third kappa shape index (κ3) is 3.17. The molecule has 2 N–H and O–H groups in total. The first-order valence-electron chi connectivity index (χ1n) is 7.15. The molecule has 1 aromatic rings. The zero-order valence-corrected chi connectivity index (χ0v) is 11.4. The third-order valence-electron chi connectivity index (χ3n) is 4.13. The third-order valence-corrected chi connectivity index (χ3v) is 4.13. The summed E-state index contributed by atoms with van der Waals surface area (Å²) in [4.78, 5) is 5.04. The Hall–Kier alpha value is -0.880. The summed E-state index contributed by atoms with van der Waals surface area (Å²) in [5, 5.41) is 0. The molecule has 0 radical (unpaired) electrons. The van der Waals surface area contributed by atoms with E-state index in [1.165, 1.54) is 6.42 Å². The smallest absolute Gasteiger partial charge is 0.118 e. The predicted molar refractivity (Wildman–Crippen MR) is 72.7 cm³/mol. The number of ether oxygens (including phenoxy) is 1. The summed E-state index contributed by atoms with van der Waals surface area (Å²) >= 11 is 0. The van der Waals surface area contributed by atoms with E-state index in [9.17, 15) is 0 Å². The van der Waals surface area contributed by atoms with E-state index in [4.69, 9.17) is 14.9 Å². The number of likely N-dealkylation sites (tertiary alicyclic amines) is 1. The van der Waals surface area contributed by atoms with Gasteiger partial charge in [-0.2, -0.15) is 0 Å². The SMILES string of the molecule is NCc1coc(CN2CCC(N3CCOCC3)C2)c1. The fourth-order valence-electron chi connectivity index (χ4n) is 3.03. The van der Waals surface area contributed by atoms with Crippen LogP contribution < -0.4 is 5.73 Å². The first-order valence-corrected chi connectivity index (χ1v) is 7.15. The van der Waals surface area contributed by atoms with Crippen LogP contribution in [0.4, 0.5) is 0 Å². The lowest BCUT2D eigenvalue weighted by Crippen LogP contribution is -2.44. The van der Waals surface area contributed by atoms with Crippen LogP contribution in [0.3, 0.4) is 0 Å². The minimum atomic E-state index is 0.555. The van der Waals surface area contributed by atoms with Crippen LogP contribution >= 0.6 is 0 Å². The highest BCUT2D eigenvalue weighted by molar-refractivity contribution is 5.12. The van der Waals surface area contributed by atoms with E-state index in [2.05, 4.69) is 15.9 Å². The molecule has 1 unspecified atom stereocenters. The Labute approximate surface area is 114 Å². The van der Waals surface area contributed by atoms with E-state index in [-0.39, 0.29) is 0 Å². The topological polar surface area (TPSA) is 54.9 Å². The number of morpholine rings is 1. The van der Waals surface area contributed by atoms with Gasteiger partial charge >= 0.3 is 0 Å². The van der Waals surface area contributed by atoms with Gasteiger partial charge in [-0.25, -0.2) is 0 Å². The second-order valence-electron chi connectivity index (χ2n) is 5.45. The molecule has 0 bridgehead atoms. The second kappa shape index (κ2) is 6.05. The van der Waals surface area contributed by atoms with Crippen LogP contribution in [0.5, 0.6) is 0 Å². The zero-order chi connectivity index (χ0) is 13.1. The van der Waals surface area contributed by atoms with Gasteiger partial charge in [0.2, 0.25) is 0 Å². The van der Waals surface area contributed by atoms with Crippen molar-refractivity contribution in [2.45, 2.75) is 25.6 Å². The average molecular weight is 265 g/mol. The predicted octanol–water partition coefficient (Wildman–Crippen LogP) is 0.645. The number of nitrogens with two attached hydrogens (primary N) is 1. The van der Waals surface area contributed by atoms with Crippen molar-refractivity contribution in [1.82, 2.24) is 9.80 Å². The number of hydrogen-bond acceptors (Lipinski definition) is 5. The highest BCUT2D eigenvalue weighted by Crippen LogP contribution is 2.19. The molecule has 2 aliphatic rings. The van der Waals surface area contributed by atoms with Crippen molar-refractivity contribution in [2.24, 2.45) is 5.73 Å². The molecule has 5 heteroatoms. The van der Waals surface area contributed by atoms with Gasteiger partial charge in [-0.05, 0) is 12.5 Å². The molecule has 0 amide bonds. The lowest BCUT2D eigenvalue weighted by atomic mass is 10.2. The molecule has 2 fully saturated rings. The lowest BCUT2D eigenvalue weighted by Gasteiger charge is -2.32. The zero-order valence-electron chi connectivity index (χ0n) is 11.4. The normalized spacial score (nSPS) is 26.1. The van der Waals surface area contributed by atoms with Crippen LogP contribution in [0, 0.1) is 0 Å². The molecule has 0 aliphatic carbocycles. The largest absolute Gasteiger partial charge is 0.468 e. The monoisotopic (exact) mass is 265 g/mol. The van der Waals surface area contributed by atoms with E-state index in [0.29, 0.717) is 12.6 Å². The maximum atomic E-state index is 5.60. The number of hydrogen-bond donors (Lipinski definition) is 1. The van der Waals surface area contributed by atoms with Gasteiger partial charge in [-0.1, -0.05) is 0 Å². The fraction of sp³-hybridized carbons (Fsp3) is 0.714. The van der Waals surface area contributed by atoms with Gasteiger partial charge in [-0.3, -0.25) is 9.80 Å². The molecule has 1 atom stereocenters. The van der Waals surface area contributed by atoms with Crippen molar-refractivity contribution in [3.8, 4) is 0 Å². The summed E-state index contributed by atoms with van der Waals surface area (Å²) in [6, 6.07) is 2.76. The Morgan fingerprint density at radius 1 is 1.26 bits per heavy atom. The van der Waals surface area contributed by atoms with Crippen molar-refractivity contribution in [1.29, 1.82) is 0 Å². The highest BCUT2D eigenvalue weighted by Gasteiger charge is 2.28. The van der Waals surface area contributed by atoms with Crippen LogP contribution in [0.25, 0.3) is 0 Å². The maximum absolute atomic E-state index is 5.60. The molecule has 0 saturated carbocycles. The van der Waals surface area contributed by atoms with Gasteiger partial charge in [0.1, 0.15) is 5.76 Å². The van der Waals surface area contributed by atoms with Crippen LogP contribution in [0.15, 0.2) is 16.7 Å². The summed E-state index contributed by atoms with van der Waals surface area (Å²) in [7, 11) is 0. The molecule has 106 valence electrons. The first-order chi connectivity index (χ1) is 9.35. The lowest BCUT2D eigenvalue weighted by molar-refractivity contribution is 0.0182. The van der Waals surface area contributed by atoms with Crippen LogP contribution in [-0.4, -0.2) is 55.2 Å².